The molecule has 0 aliphatic heterocycles. The van der Waals surface area contributed by atoms with E-state index in [4.69, 9.17) is 5.73 Å². The van der Waals surface area contributed by atoms with Crippen molar-refractivity contribution in [3.05, 3.63) is 39.2 Å². The first kappa shape index (κ1) is 13.2. The van der Waals surface area contributed by atoms with Crippen molar-refractivity contribution in [3.63, 3.8) is 0 Å². The molecule has 0 unspecified atom stereocenters. The molecule has 0 aliphatic rings. The zero-order valence-electron chi connectivity index (χ0n) is 11.7. The molecule has 1 aromatic carbocycles. The topological polar surface area (TPSA) is 38.9 Å². The average Bonchev–Trinajstić information content (AvgIpc) is 2.72. The van der Waals surface area contributed by atoms with Crippen LogP contribution in [-0.2, 0) is 5.54 Å². The molecule has 0 aliphatic carbocycles. The lowest BCUT2D eigenvalue weighted by Crippen LogP contribution is -2.28. The lowest BCUT2D eigenvalue weighted by atomic mass is 9.99. The number of nitrogens with zero attached hydrogens (tertiary/aromatic N) is 1. The van der Waals surface area contributed by atoms with Crippen molar-refractivity contribution < 1.29 is 0 Å². The Morgan fingerprint density at radius 2 is 1.67 bits per heavy atom. The lowest BCUT2D eigenvalue weighted by Gasteiger charge is -2.14. The number of hydrogen-bond acceptors (Lipinski definition) is 3. The molecule has 2 N–H and O–H groups in total. The molecule has 0 saturated heterocycles. The van der Waals surface area contributed by atoms with E-state index in [0.29, 0.717) is 0 Å². The molecule has 0 spiro atoms. The van der Waals surface area contributed by atoms with E-state index in [0.717, 1.165) is 10.7 Å². The normalized spacial score (nSPS) is 11.9. The highest BCUT2D eigenvalue weighted by Gasteiger charge is 2.19. The fraction of sp³-hybridized carbons (Fsp3) is 0.400. The van der Waals surface area contributed by atoms with Gasteiger partial charge in [0, 0.05) is 10.9 Å². The van der Waals surface area contributed by atoms with Gasteiger partial charge >= 0.3 is 0 Å². The van der Waals surface area contributed by atoms with E-state index < -0.39 is 0 Å². The van der Waals surface area contributed by atoms with Crippen molar-refractivity contribution in [1.29, 1.82) is 0 Å². The SMILES string of the molecule is Cc1cc(C)c(-c2csc(C(C)(C)N)n2)cc1C. The number of hydrogen-bond donors (Lipinski definition) is 1. The van der Waals surface area contributed by atoms with Gasteiger partial charge in [-0.3, -0.25) is 0 Å². The summed E-state index contributed by atoms with van der Waals surface area (Å²) in [5.41, 5.74) is 11.9. The first-order valence-corrected chi connectivity index (χ1v) is 7.00. The summed E-state index contributed by atoms with van der Waals surface area (Å²) in [6, 6.07) is 4.43. The average molecular weight is 260 g/mol. The van der Waals surface area contributed by atoms with Gasteiger partial charge < -0.3 is 5.73 Å². The number of aromatic nitrogens is 1. The van der Waals surface area contributed by atoms with E-state index in [9.17, 15) is 0 Å². The van der Waals surface area contributed by atoms with Crippen molar-refractivity contribution in [2.75, 3.05) is 0 Å². The van der Waals surface area contributed by atoms with Gasteiger partial charge in [-0.05, 0) is 57.4 Å². The third-order valence-corrected chi connectivity index (χ3v) is 4.35. The molecule has 0 atom stereocenters. The summed E-state index contributed by atoms with van der Waals surface area (Å²) >= 11 is 1.63. The summed E-state index contributed by atoms with van der Waals surface area (Å²) in [6.07, 6.45) is 0. The summed E-state index contributed by atoms with van der Waals surface area (Å²) in [5, 5.41) is 3.08. The molecule has 0 radical (unpaired) electrons. The molecule has 0 bridgehead atoms. The Labute approximate surface area is 113 Å². The highest BCUT2D eigenvalue weighted by Crippen LogP contribution is 2.30. The number of nitrogens with two attached hydrogens (primary N) is 1. The van der Waals surface area contributed by atoms with Crippen LogP contribution >= 0.6 is 11.3 Å². The van der Waals surface area contributed by atoms with Crippen LogP contribution in [0.25, 0.3) is 11.3 Å². The van der Waals surface area contributed by atoms with Crippen LogP contribution < -0.4 is 5.73 Å². The second-order valence-corrected chi connectivity index (χ2v) is 6.37. The first-order chi connectivity index (χ1) is 8.29. The van der Waals surface area contributed by atoms with Gasteiger partial charge in [0.05, 0.1) is 11.2 Å². The molecule has 2 aromatic rings. The summed E-state index contributed by atoms with van der Waals surface area (Å²) in [6.45, 7) is 10.4. The smallest absolute Gasteiger partial charge is 0.113 e. The van der Waals surface area contributed by atoms with E-state index in [1.165, 1.54) is 22.3 Å². The zero-order chi connectivity index (χ0) is 13.5. The maximum atomic E-state index is 6.09. The maximum Gasteiger partial charge on any atom is 0.113 e. The van der Waals surface area contributed by atoms with Crippen LogP contribution in [0, 0.1) is 20.8 Å². The Balaban J connectivity index is 2.50. The Kier molecular flexibility index (Phi) is 3.30. The van der Waals surface area contributed by atoms with E-state index in [2.05, 4.69) is 43.3 Å². The Bertz CT molecular complexity index is 577. The molecule has 1 heterocycles. The van der Waals surface area contributed by atoms with Gasteiger partial charge in [0.25, 0.3) is 0 Å². The van der Waals surface area contributed by atoms with Crippen LogP contribution in [0.4, 0.5) is 0 Å². The van der Waals surface area contributed by atoms with Gasteiger partial charge in [-0.1, -0.05) is 6.07 Å². The number of rotatable bonds is 2. The van der Waals surface area contributed by atoms with Crippen LogP contribution in [0.15, 0.2) is 17.5 Å². The number of benzene rings is 1. The lowest BCUT2D eigenvalue weighted by molar-refractivity contribution is 0.551. The molecule has 0 saturated carbocycles. The van der Waals surface area contributed by atoms with Crippen LogP contribution in [0.5, 0.6) is 0 Å². The second-order valence-electron chi connectivity index (χ2n) is 5.51. The van der Waals surface area contributed by atoms with Crippen LogP contribution in [-0.4, -0.2) is 4.98 Å². The second kappa shape index (κ2) is 4.48. The summed E-state index contributed by atoms with van der Waals surface area (Å²) < 4.78 is 0. The minimum absolute atomic E-state index is 0.365. The zero-order valence-corrected chi connectivity index (χ0v) is 12.5. The quantitative estimate of drug-likeness (QED) is 0.888. The van der Waals surface area contributed by atoms with Gasteiger partial charge in [-0.25, -0.2) is 4.98 Å². The highest BCUT2D eigenvalue weighted by atomic mass is 32.1. The van der Waals surface area contributed by atoms with E-state index in [-0.39, 0.29) is 5.54 Å². The fourth-order valence-electron chi connectivity index (χ4n) is 1.93. The standard InChI is InChI=1S/C15H20N2S/c1-9-6-11(3)12(7-10(9)2)13-8-18-14(17-13)15(4,5)16/h6-8H,16H2,1-5H3. The first-order valence-electron chi connectivity index (χ1n) is 6.12. The van der Waals surface area contributed by atoms with E-state index in [1.54, 1.807) is 11.3 Å². The number of aryl methyl sites for hydroxylation is 3. The summed E-state index contributed by atoms with van der Waals surface area (Å²) in [7, 11) is 0. The monoisotopic (exact) mass is 260 g/mol. The van der Waals surface area contributed by atoms with Gasteiger partial charge in [0.2, 0.25) is 0 Å². The number of thiazole rings is 1. The van der Waals surface area contributed by atoms with Gasteiger partial charge in [-0.15, -0.1) is 11.3 Å². The molecule has 0 fully saturated rings. The van der Waals surface area contributed by atoms with E-state index in [1.807, 2.05) is 13.8 Å². The predicted molar refractivity (Wildman–Crippen MR) is 79.0 cm³/mol. The summed E-state index contributed by atoms with van der Waals surface area (Å²) in [4.78, 5) is 4.68. The van der Waals surface area contributed by atoms with Crippen LogP contribution in [0.1, 0.15) is 35.5 Å². The molecule has 3 heteroatoms. The molecular formula is C15H20N2S. The van der Waals surface area contributed by atoms with Crippen LogP contribution in [0.3, 0.4) is 0 Å². The van der Waals surface area contributed by atoms with Gasteiger partial charge in [-0.2, -0.15) is 0 Å². The Morgan fingerprint density at radius 3 is 2.22 bits per heavy atom. The maximum absolute atomic E-state index is 6.09. The van der Waals surface area contributed by atoms with E-state index >= 15 is 0 Å². The van der Waals surface area contributed by atoms with Gasteiger partial charge in [0.15, 0.2) is 0 Å². The van der Waals surface area contributed by atoms with Crippen molar-refractivity contribution in [2.24, 2.45) is 5.73 Å². The van der Waals surface area contributed by atoms with Crippen molar-refractivity contribution in [1.82, 2.24) is 4.98 Å². The third kappa shape index (κ3) is 2.47. The van der Waals surface area contributed by atoms with Crippen molar-refractivity contribution in [3.8, 4) is 11.3 Å². The van der Waals surface area contributed by atoms with Crippen molar-refractivity contribution in [2.45, 2.75) is 40.2 Å². The minimum Gasteiger partial charge on any atom is -0.320 e. The highest BCUT2D eigenvalue weighted by molar-refractivity contribution is 7.10. The third-order valence-electron chi connectivity index (χ3n) is 3.17. The fourth-order valence-corrected chi connectivity index (χ4v) is 2.79. The molecule has 0 amide bonds. The molecule has 2 nitrogen and oxygen atoms in total. The molecule has 2 rings (SSSR count). The van der Waals surface area contributed by atoms with Crippen molar-refractivity contribution >= 4 is 11.3 Å². The minimum atomic E-state index is -0.365. The largest absolute Gasteiger partial charge is 0.320 e. The summed E-state index contributed by atoms with van der Waals surface area (Å²) in [5.74, 6) is 0. The van der Waals surface area contributed by atoms with Crippen LogP contribution in [0.2, 0.25) is 0 Å². The van der Waals surface area contributed by atoms with Gasteiger partial charge in [0.1, 0.15) is 5.01 Å². The Hall–Kier alpha value is -1.19. The molecule has 18 heavy (non-hydrogen) atoms. The predicted octanol–water partition coefficient (Wildman–Crippen LogP) is 3.93. The molecular weight excluding hydrogens is 240 g/mol. The molecule has 96 valence electrons. The Morgan fingerprint density at radius 1 is 1.06 bits per heavy atom. The molecule has 1 aromatic heterocycles.